The molecule has 0 saturated carbocycles. The molecular formula is C51H41N3. The van der Waals surface area contributed by atoms with Gasteiger partial charge >= 0.3 is 0 Å². The number of rotatable bonds is 6. The van der Waals surface area contributed by atoms with E-state index in [1.807, 2.05) is 18.5 Å². The lowest BCUT2D eigenvalue weighted by Gasteiger charge is -2.34. The van der Waals surface area contributed by atoms with Crippen LogP contribution in [-0.2, 0) is 5.41 Å². The van der Waals surface area contributed by atoms with Gasteiger partial charge in [-0.3, -0.25) is 4.98 Å². The molecule has 0 bridgehead atoms. The molecule has 0 saturated heterocycles. The first-order valence-corrected chi connectivity index (χ1v) is 19.0. The number of hydrogen-bond donors (Lipinski definition) is 0. The molecule has 54 heavy (non-hydrogen) atoms. The Morgan fingerprint density at radius 1 is 0.593 bits per heavy atom. The van der Waals surface area contributed by atoms with Crippen LogP contribution in [0.3, 0.4) is 0 Å². The second kappa shape index (κ2) is 12.6. The van der Waals surface area contributed by atoms with E-state index in [9.17, 15) is 0 Å². The van der Waals surface area contributed by atoms with Gasteiger partial charge in [0.1, 0.15) is 0 Å². The first-order chi connectivity index (χ1) is 26.5. The van der Waals surface area contributed by atoms with Crippen LogP contribution in [0.25, 0.3) is 55.3 Å². The first kappa shape index (κ1) is 32.2. The highest BCUT2D eigenvalue weighted by Gasteiger charge is 2.36. The first-order valence-electron chi connectivity index (χ1n) is 19.0. The van der Waals surface area contributed by atoms with Gasteiger partial charge < -0.3 is 9.47 Å². The number of para-hydroxylation sites is 2. The minimum Gasteiger partial charge on any atom is -0.314 e. The number of benzene rings is 6. The van der Waals surface area contributed by atoms with Gasteiger partial charge in [-0.2, -0.15) is 0 Å². The Morgan fingerprint density at radius 2 is 1.31 bits per heavy atom. The second-order valence-corrected chi connectivity index (χ2v) is 15.3. The van der Waals surface area contributed by atoms with Crippen molar-refractivity contribution in [1.29, 1.82) is 0 Å². The normalized spacial score (nSPS) is 15.8. The monoisotopic (exact) mass is 695 g/mol. The molecule has 2 aromatic heterocycles. The van der Waals surface area contributed by atoms with Crippen molar-refractivity contribution >= 4 is 38.8 Å². The summed E-state index contributed by atoms with van der Waals surface area (Å²) in [6.45, 7) is 7.10. The summed E-state index contributed by atoms with van der Waals surface area (Å²) >= 11 is 0. The molecule has 0 amide bonds. The fourth-order valence-electron chi connectivity index (χ4n) is 9.00. The summed E-state index contributed by atoms with van der Waals surface area (Å²) in [4.78, 5) is 6.85. The predicted molar refractivity (Wildman–Crippen MR) is 226 cm³/mol. The number of anilines is 2. The van der Waals surface area contributed by atoms with Crippen LogP contribution < -0.4 is 4.90 Å². The third-order valence-corrected chi connectivity index (χ3v) is 11.7. The van der Waals surface area contributed by atoms with E-state index in [-0.39, 0.29) is 11.3 Å². The molecule has 6 aromatic carbocycles. The molecular weight excluding hydrogens is 655 g/mol. The summed E-state index contributed by atoms with van der Waals surface area (Å²) in [7, 11) is 0. The third-order valence-electron chi connectivity index (χ3n) is 11.7. The Hall–Kier alpha value is -6.45. The van der Waals surface area contributed by atoms with Crippen LogP contribution >= 0.6 is 0 Å². The van der Waals surface area contributed by atoms with Crippen LogP contribution in [0.5, 0.6) is 0 Å². The van der Waals surface area contributed by atoms with Crippen molar-refractivity contribution in [2.24, 2.45) is 5.92 Å². The van der Waals surface area contributed by atoms with Gasteiger partial charge in [0, 0.05) is 57.3 Å². The van der Waals surface area contributed by atoms with Crippen molar-refractivity contribution in [2.45, 2.75) is 32.6 Å². The van der Waals surface area contributed by atoms with Crippen LogP contribution in [0.1, 0.15) is 43.9 Å². The molecule has 1 unspecified atom stereocenters. The lowest BCUT2D eigenvalue weighted by atomic mass is 9.82. The highest BCUT2D eigenvalue weighted by atomic mass is 15.2. The van der Waals surface area contributed by atoms with Crippen molar-refractivity contribution in [2.75, 3.05) is 4.90 Å². The van der Waals surface area contributed by atoms with Crippen LogP contribution in [0, 0.1) is 5.92 Å². The quantitative estimate of drug-likeness (QED) is 0.173. The minimum atomic E-state index is -0.0836. The average molecular weight is 696 g/mol. The standard InChI is InChI=1S/C51H41N3/c1-34-30-36(37-22-28-50-45(31-37)44-16-8-10-18-49(44)54(50)39-13-5-4-6-14-39)21-27-48(34)53(40-23-19-35(20-24-40)38-12-11-29-52-33-38)41-25-26-43-42-15-7-9-17-46(42)51(2,3)47(43)32-41/h4-29,31-34H,30H2,1-3H3. The van der Waals surface area contributed by atoms with Gasteiger partial charge in [-0.15, -0.1) is 0 Å². The zero-order valence-electron chi connectivity index (χ0n) is 30.9. The second-order valence-electron chi connectivity index (χ2n) is 15.3. The third kappa shape index (κ3) is 5.15. The molecule has 2 aliphatic carbocycles. The zero-order chi connectivity index (χ0) is 36.4. The number of pyridine rings is 1. The zero-order valence-corrected chi connectivity index (χ0v) is 30.9. The molecule has 0 aliphatic heterocycles. The molecule has 3 nitrogen and oxygen atoms in total. The Balaban J connectivity index is 1.08. The van der Waals surface area contributed by atoms with E-state index in [0.29, 0.717) is 0 Å². The number of allylic oxidation sites excluding steroid dienone is 4. The predicted octanol–water partition coefficient (Wildman–Crippen LogP) is 13.3. The molecule has 2 aliphatic rings. The summed E-state index contributed by atoms with van der Waals surface area (Å²) in [5, 5.41) is 2.56. The van der Waals surface area contributed by atoms with E-state index in [1.165, 1.54) is 72.3 Å². The maximum atomic E-state index is 4.36. The number of aromatic nitrogens is 2. The summed E-state index contributed by atoms with van der Waals surface area (Å²) in [6, 6.07) is 55.6. The van der Waals surface area contributed by atoms with E-state index in [4.69, 9.17) is 0 Å². The van der Waals surface area contributed by atoms with Crippen molar-refractivity contribution in [3.63, 3.8) is 0 Å². The Kier molecular flexibility index (Phi) is 7.52. The van der Waals surface area contributed by atoms with E-state index < -0.39 is 0 Å². The lowest BCUT2D eigenvalue weighted by molar-refractivity contribution is 0.658. The molecule has 1 atom stereocenters. The fraction of sp³-hybridized carbons (Fsp3) is 0.118. The van der Waals surface area contributed by atoms with Crippen LogP contribution in [0.15, 0.2) is 182 Å². The number of fused-ring (bicyclic) bond motifs is 6. The van der Waals surface area contributed by atoms with E-state index >= 15 is 0 Å². The van der Waals surface area contributed by atoms with Crippen molar-refractivity contribution in [3.05, 3.63) is 199 Å². The van der Waals surface area contributed by atoms with Crippen LogP contribution in [0.2, 0.25) is 0 Å². The summed E-state index contributed by atoms with van der Waals surface area (Å²) < 4.78 is 2.39. The summed E-state index contributed by atoms with van der Waals surface area (Å²) in [5.41, 5.74) is 17.6. The lowest BCUT2D eigenvalue weighted by Crippen LogP contribution is -2.24. The van der Waals surface area contributed by atoms with E-state index in [2.05, 4.69) is 193 Å². The molecule has 0 N–H and O–H groups in total. The molecule has 3 heteroatoms. The van der Waals surface area contributed by atoms with Gasteiger partial charge in [-0.25, -0.2) is 0 Å². The van der Waals surface area contributed by atoms with Crippen LogP contribution in [0.4, 0.5) is 11.4 Å². The van der Waals surface area contributed by atoms with Gasteiger partial charge in [-0.05, 0) is 118 Å². The molecule has 8 aromatic rings. The molecule has 0 spiro atoms. The Labute approximate surface area is 317 Å². The number of hydrogen-bond acceptors (Lipinski definition) is 2. The molecule has 2 heterocycles. The van der Waals surface area contributed by atoms with Gasteiger partial charge in [0.2, 0.25) is 0 Å². The Bertz CT molecular complexity index is 2770. The van der Waals surface area contributed by atoms with Crippen LogP contribution in [-0.4, -0.2) is 9.55 Å². The topological polar surface area (TPSA) is 21.1 Å². The average Bonchev–Trinajstić information content (AvgIpc) is 3.67. The molecule has 0 fully saturated rings. The van der Waals surface area contributed by atoms with Gasteiger partial charge in [-0.1, -0.05) is 118 Å². The maximum Gasteiger partial charge on any atom is 0.0541 e. The Morgan fingerprint density at radius 3 is 2.13 bits per heavy atom. The highest BCUT2D eigenvalue weighted by Crippen LogP contribution is 2.51. The van der Waals surface area contributed by atoms with Crippen molar-refractivity contribution < 1.29 is 0 Å². The smallest absolute Gasteiger partial charge is 0.0541 e. The largest absolute Gasteiger partial charge is 0.314 e. The molecule has 260 valence electrons. The summed E-state index contributed by atoms with van der Waals surface area (Å²) in [6.07, 6.45) is 9.43. The van der Waals surface area contributed by atoms with E-state index in [0.717, 1.165) is 23.2 Å². The van der Waals surface area contributed by atoms with Crippen molar-refractivity contribution in [3.8, 4) is 27.9 Å². The number of nitrogens with zero attached hydrogens (tertiary/aromatic N) is 3. The SMILES string of the molecule is CC1CC(c2ccc3c(c2)c2ccccc2n3-c2ccccc2)=CC=C1N(c1ccc(-c2cccnc2)cc1)c1ccc2c(c1)C(C)(C)c1ccccc1-2. The van der Waals surface area contributed by atoms with Gasteiger partial charge in [0.05, 0.1) is 11.0 Å². The van der Waals surface area contributed by atoms with Crippen molar-refractivity contribution in [1.82, 2.24) is 9.55 Å². The van der Waals surface area contributed by atoms with Gasteiger partial charge in [0.25, 0.3) is 0 Å². The van der Waals surface area contributed by atoms with Gasteiger partial charge in [0.15, 0.2) is 0 Å². The fourth-order valence-corrected chi connectivity index (χ4v) is 9.00. The van der Waals surface area contributed by atoms with E-state index in [1.54, 1.807) is 0 Å². The summed E-state index contributed by atoms with van der Waals surface area (Å²) in [5.74, 6) is 0.280. The minimum absolute atomic E-state index is 0.0836. The maximum absolute atomic E-state index is 4.36. The molecule has 10 rings (SSSR count). The molecule has 0 radical (unpaired) electrons. The highest BCUT2D eigenvalue weighted by molar-refractivity contribution is 6.10.